The van der Waals surface area contributed by atoms with Crippen LogP contribution in [-0.2, 0) is 6.54 Å². The van der Waals surface area contributed by atoms with Crippen molar-refractivity contribution in [1.29, 1.82) is 0 Å². The number of likely N-dealkylation sites (tertiary alicyclic amines) is 1. The first-order valence-corrected chi connectivity index (χ1v) is 8.26. The fraction of sp³-hybridized carbons (Fsp3) is 0.444. The zero-order valence-corrected chi connectivity index (χ0v) is 14.1. The Balaban J connectivity index is 1.53. The maximum absolute atomic E-state index is 12.3. The highest BCUT2D eigenvalue weighted by Crippen LogP contribution is 2.18. The second-order valence-electron chi connectivity index (χ2n) is 6.52. The number of carbonyl (C=O) groups excluding carboxylic acids is 1. The van der Waals surface area contributed by atoms with E-state index in [9.17, 15) is 9.59 Å². The van der Waals surface area contributed by atoms with Gasteiger partial charge in [-0.15, -0.1) is 0 Å². The zero-order valence-electron chi connectivity index (χ0n) is 14.1. The van der Waals surface area contributed by atoms with E-state index in [4.69, 9.17) is 4.42 Å². The quantitative estimate of drug-likeness (QED) is 0.877. The Kier molecular flexibility index (Phi) is 4.85. The van der Waals surface area contributed by atoms with Gasteiger partial charge in [-0.3, -0.25) is 14.5 Å². The van der Waals surface area contributed by atoms with Crippen molar-refractivity contribution < 1.29 is 9.21 Å². The molecule has 2 aromatic rings. The molecule has 0 spiro atoms. The summed E-state index contributed by atoms with van der Waals surface area (Å²) in [5.41, 5.74) is 1.36. The van der Waals surface area contributed by atoms with Crippen LogP contribution in [0.4, 0.5) is 0 Å². The summed E-state index contributed by atoms with van der Waals surface area (Å²) in [5.74, 6) is 1.06. The van der Waals surface area contributed by atoms with Crippen molar-refractivity contribution in [2.75, 3.05) is 19.6 Å². The van der Waals surface area contributed by atoms with Gasteiger partial charge >= 0.3 is 0 Å². The van der Waals surface area contributed by atoms with Crippen LogP contribution in [0.3, 0.4) is 0 Å². The lowest BCUT2D eigenvalue weighted by Gasteiger charge is -2.15. The average molecular weight is 329 g/mol. The number of hydrogen-bond donors (Lipinski definition) is 2. The van der Waals surface area contributed by atoms with Gasteiger partial charge in [-0.05, 0) is 56.5 Å². The molecule has 0 unspecified atom stereocenters. The van der Waals surface area contributed by atoms with Crippen LogP contribution < -0.4 is 10.9 Å². The number of carbonyl (C=O) groups is 1. The molecular formula is C18H23N3O3. The van der Waals surface area contributed by atoms with E-state index < -0.39 is 0 Å². The lowest BCUT2D eigenvalue weighted by atomic mass is 10.1. The lowest BCUT2D eigenvalue weighted by Crippen LogP contribution is -2.35. The molecular weight excluding hydrogens is 306 g/mol. The minimum atomic E-state index is -0.323. The van der Waals surface area contributed by atoms with Gasteiger partial charge in [-0.2, -0.15) is 0 Å². The number of furan rings is 1. The van der Waals surface area contributed by atoms with Crippen LogP contribution >= 0.6 is 0 Å². The van der Waals surface area contributed by atoms with E-state index >= 15 is 0 Å². The first-order valence-electron chi connectivity index (χ1n) is 8.26. The fourth-order valence-electron chi connectivity index (χ4n) is 3.31. The minimum absolute atomic E-state index is 0.214. The third-order valence-corrected chi connectivity index (χ3v) is 4.47. The van der Waals surface area contributed by atoms with E-state index in [0.717, 1.165) is 37.5 Å². The number of aryl methyl sites for hydroxylation is 2. The lowest BCUT2D eigenvalue weighted by molar-refractivity contribution is 0.0945. The molecule has 6 heteroatoms. The van der Waals surface area contributed by atoms with Crippen molar-refractivity contribution in [3.05, 3.63) is 57.4 Å². The van der Waals surface area contributed by atoms with E-state index in [-0.39, 0.29) is 17.0 Å². The van der Waals surface area contributed by atoms with Crippen molar-refractivity contribution in [3.8, 4) is 0 Å². The van der Waals surface area contributed by atoms with Crippen LogP contribution in [0.2, 0.25) is 0 Å². The third kappa shape index (κ3) is 3.76. The van der Waals surface area contributed by atoms with E-state index in [1.807, 2.05) is 25.1 Å². The molecule has 2 aromatic heterocycles. The van der Waals surface area contributed by atoms with Crippen molar-refractivity contribution in [2.24, 2.45) is 5.92 Å². The molecule has 3 rings (SSSR count). The van der Waals surface area contributed by atoms with Gasteiger partial charge in [0.25, 0.3) is 11.5 Å². The molecule has 128 valence electrons. The molecule has 1 amide bonds. The number of nitrogens with zero attached hydrogens (tertiary/aromatic N) is 1. The fourth-order valence-corrected chi connectivity index (χ4v) is 3.31. The topological polar surface area (TPSA) is 78.3 Å². The molecule has 0 saturated carbocycles. The molecule has 0 aromatic carbocycles. The predicted molar refractivity (Wildman–Crippen MR) is 91.0 cm³/mol. The summed E-state index contributed by atoms with van der Waals surface area (Å²) in [5, 5.41) is 2.91. The molecule has 1 aliphatic rings. The van der Waals surface area contributed by atoms with E-state index in [2.05, 4.69) is 15.2 Å². The second kappa shape index (κ2) is 7.05. The van der Waals surface area contributed by atoms with Gasteiger partial charge in [0.2, 0.25) is 0 Å². The summed E-state index contributed by atoms with van der Waals surface area (Å²) in [6.07, 6.45) is 2.72. The number of nitrogens with one attached hydrogen (secondary N) is 2. The molecule has 0 radical (unpaired) electrons. The van der Waals surface area contributed by atoms with Crippen molar-refractivity contribution in [2.45, 2.75) is 26.8 Å². The van der Waals surface area contributed by atoms with Crippen molar-refractivity contribution in [1.82, 2.24) is 15.2 Å². The molecule has 0 bridgehead atoms. The number of aromatic amines is 1. The Morgan fingerprint density at radius 1 is 1.46 bits per heavy atom. The van der Waals surface area contributed by atoms with Crippen molar-refractivity contribution in [3.63, 3.8) is 0 Å². The standard InChI is InChI=1S/C18H23N3O3/c1-12-8-13(2)20-18(23)16(12)17(22)19-9-14-5-6-21(10-14)11-15-4-3-7-24-15/h3-4,7-8,14H,5-6,9-11H2,1-2H3,(H,19,22)(H,20,23)/t14-/m1/s1. The highest BCUT2D eigenvalue weighted by Gasteiger charge is 2.24. The second-order valence-corrected chi connectivity index (χ2v) is 6.52. The van der Waals surface area contributed by atoms with Crippen LogP contribution in [0.1, 0.15) is 33.8 Å². The van der Waals surface area contributed by atoms with Gasteiger partial charge in [0.15, 0.2) is 0 Å². The van der Waals surface area contributed by atoms with Crippen LogP contribution in [0.15, 0.2) is 33.7 Å². The molecule has 1 saturated heterocycles. The first-order chi connectivity index (χ1) is 11.5. The Bertz CT molecular complexity index is 764. The molecule has 24 heavy (non-hydrogen) atoms. The molecule has 1 atom stereocenters. The largest absolute Gasteiger partial charge is 0.468 e. The Morgan fingerprint density at radius 3 is 3.00 bits per heavy atom. The Labute approximate surface area is 140 Å². The predicted octanol–water partition coefficient (Wildman–Crippen LogP) is 1.84. The van der Waals surface area contributed by atoms with Gasteiger partial charge in [-0.1, -0.05) is 0 Å². The third-order valence-electron chi connectivity index (χ3n) is 4.47. The summed E-state index contributed by atoms with van der Waals surface area (Å²) < 4.78 is 5.37. The van der Waals surface area contributed by atoms with Crippen LogP contribution in [0.25, 0.3) is 0 Å². The summed E-state index contributed by atoms with van der Waals surface area (Å²) in [7, 11) is 0. The summed E-state index contributed by atoms with van der Waals surface area (Å²) in [6.45, 7) is 6.89. The molecule has 0 aliphatic carbocycles. The summed E-state index contributed by atoms with van der Waals surface area (Å²) in [4.78, 5) is 29.3. The van der Waals surface area contributed by atoms with Gasteiger partial charge in [0, 0.05) is 18.8 Å². The van der Waals surface area contributed by atoms with Gasteiger partial charge < -0.3 is 14.7 Å². The number of rotatable bonds is 5. The number of aromatic nitrogens is 1. The van der Waals surface area contributed by atoms with Crippen LogP contribution in [0, 0.1) is 19.8 Å². The zero-order chi connectivity index (χ0) is 17.1. The van der Waals surface area contributed by atoms with Crippen LogP contribution in [0.5, 0.6) is 0 Å². The maximum Gasteiger partial charge on any atom is 0.261 e. The highest BCUT2D eigenvalue weighted by molar-refractivity contribution is 5.95. The summed E-state index contributed by atoms with van der Waals surface area (Å²) >= 11 is 0. The first kappa shape index (κ1) is 16.5. The molecule has 6 nitrogen and oxygen atoms in total. The number of amides is 1. The maximum atomic E-state index is 12.3. The number of hydrogen-bond acceptors (Lipinski definition) is 4. The minimum Gasteiger partial charge on any atom is -0.468 e. The normalized spacial score (nSPS) is 18.0. The summed E-state index contributed by atoms with van der Waals surface area (Å²) in [6, 6.07) is 5.68. The van der Waals surface area contributed by atoms with Crippen molar-refractivity contribution >= 4 is 5.91 Å². The Morgan fingerprint density at radius 2 is 2.29 bits per heavy atom. The van der Waals surface area contributed by atoms with E-state index in [0.29, 0.717) is 18.0 Å². The number of H-pyrrole nitrogens is 1. The van der Waals surface area contributed by atoms with Gasteiger partial charge in [-0.25, -0.2) is 0 Å². The average Bonchev–Trinajstić information content (AvgIpc) is 3.16. The molecule has 3 heterocycles. The van der Waals surface area contributed by atoms with Gasteiger partial charge in [0.05, 0.1) is 12.8 Å². The highest BCUT2D eigenvalue weighted by atomic mass is 16.3. The molecule has 2 N–H and O–H groups in total. The van der Waals surface area contributed by atoms with Gasteiger partial charge in [0.1, 0.15) is 11.3 Å². The number of pyridine rings is 1. The van der Waals surface area contributed by atoms with E-state index in [1.54, 1.807) is 13.2 Å². The van der Waals surface area contributed by atoms with E-state index in [1.165, 1.54) is 0 Å². The smallest absolute Gasteiger partial charge is 0.261 e. The SMILES string of the molecule is Cc1cc(C)c(C(=O)NC[C@H]2CCN(Cc3ccco3)C2)c(=O)[nH]1. The Hall–Kier alpha value is -2.34. The van der Waals surface area contributed by atoms with Crippen LogP contribution in [-0.4, -0.2) is 35.4 Å². The molecule has 1 aliphatic heterocycles. The molecule has 1 fully saturated rings. The monoisotopic (exact) mass is 329 g/mol.